The Morgan fingerprint density at radius 3 is 2.68 bits per heavy atom. The minimum absolute atomic E-state index is 0.0396. The smallest absolute Gasteiger partial charge is 0.344 e. The van der Waals surface area contributed by atoms with Crippen LogP contribution in [0.3, 0.4) is 0 Å². The van der Waals surface area contributed by atoms with Crippen LogP contribution in [-0.2, 0) is 9.53 Å². The van der Waals surface area contributed by atoms with Gasteiger partial charge < -0.3 is 20.9 Å². The number of aromatic nitrogens is 1. The highest BCUT2D eigenvalue weighted by atomic mass is 79.9. The topological polar surface area (TPSA) is 101 Å². The van der Waals surface area contributed by atoms with Gasteiger partial charge in [0.15, 0.2) is 5.66 Å². The summed E-state index contributed by atoms with van der Waals surface area (Å²) in [5.74, 6) is -0.724. The third-order valence-electron chi connectivity index (χ3n) is 3.73. The van der Waals surface area contributed by atoms with Gasteiger partial charge in [-0.3, -0.25) is 4.90 Å². The Balaban J connectivity index is 2.32. The second-order valence-electron chi connectivity index (χ2n) is 5.75. The molecule has 1 aliphatic rings. The number of halogens is 1. The summed E-state index contributed by atoms with van der Waals surface area (Å²) in [6.07, 6.45) is 1.49. The van der Waals surface area contributed by atoms with E-state index in [1.165, 1.54) is 0 Å². The molecule has 1 aliphatic heterocycles. The lowest BCUT2D eigenvalue weighted by Gasteiger charge is -2.44. The molecular weight excluding hydrogens is 352 g/mol. The number of hydrogen-bond acceptors (Lipinski definition) is 6. The molecule has 0 aromatic carbocycles. The van der Waals surface area contributed by atoms with Gasteiger partial charge in [0, 0.05) is 23.8 Å². The average molecular weight is 373 g/mol. The van der Waals surface area contributed by atoms with Gasteiger partial charge in [0.25, 0.3) is 0 Å². The van der Waals surface area contributed by atoms with Gasteiger partial charge in [0.05, 0.1) is 17.9 Å². The first kappa shape index (κ1) is 17.0. The molecule has 0 radical (unpaired) electrons. The maximum Gasteiger partial charge on any atom is 0.344 e. The van der Waals surface area contributed by atoms with E-state index in [-0.39, 0.29) is 18.0 Å². The van der Waals surface area contributed by atoms with Crippen molar-refractivity contribution in [1.29, 1.82) is 0 Å². The van der Waals surface area contributed by atoms with Crippen LogP contribution in [0.1, 0.15) is 20.8 Å². The van der Waals surface area contributed by atoms with Crippen molar-refractivity contribution in [3.8, 4) is 0 Å². The predicted octanol–water partition coefficient (Wildman–Crippen LogP) is 1.75. The van der Waals surface area contributed by atoms with Crippen molar-refractivity contribution in [3.63, 3.8) is 0 Å². The van der Waals surface area contributed by atoms with Gasteiger partial charge in [-0.25, -0.2) is 9.78 Å². The number of nitrogen functional groups attached to an aromatic ring is 1. The Bertz CT molecular complexity index is 561. The molecule has 1 unspecified atom stereocenters. The van der Waals surface area contributed by atoms with E-state index in [1.54, 1.807) is 19.2 Å². The molecule has 1 saturated heterocycles. The van der Waals surface area contributed by atoms with Crippen molar-refractivity contribution >= 4 is 33.4 Å². The summed E-state index contributed by atoms with van der Waals surface area (Å²) in [7, 11) is 0. The lowest BCUT2D eigenvalue weighted by molar-refractivity contribution is -0.156. The molecule has 22 heavy (non-hydrogen) atoms. The number of hydrogen-bond donors (Lipinski definition) is 3. The first-order valence-electron chi connectivity index (χ1n) is 7.05. The van der Waals surface area contributed by atoms with E-state index in [0.717, 1.165) is 4.47 Å². The first-order chi connectivity index (χ1) is 10.2. The predicted molar refractivity (Wildman–Crippen MR) is 87.6 cm³/mol. The minimum atomic E-state index is -1.30. The normalized spacial score (nSPS) is 25.5. The summed E-state index contributed by atoms with van der Waals surface area (Å²) in [6.45, 7) is 6.52. The third kappa shape index (κ3) is 3.50. The highest BCUT2D eigenvalue weighted by Gasteiger charge is 2.43. The first-order valence-corrected chi connectivity index (χ1v) is 7.84. The molecule has 4 N–H and O–H groups in total. The zero-order chi connectivity index (χ0) is 16.5. The number of morpholine rings is 1. The maximum absolute atomic E-state index is 11.9. The molecule has 0 bridgehead atoms. The molecular formula is C14H21BrN4O3. The third-order valence-corrected chi connectivity index (χ3v) is 4.17. The summed E-state index contributed by atoms with van der Waals surface area (Å²) in [6, 6.07) is 1.72. The van der Waals surface area contributed by atoms with Crippen LogP contribution in [0.2, 0.25) is 0 Å². The van der Waals surface area contributed by atoms with E-state index in [1.807, 2.05) is 18.7 Å². The summed E-state index contributed by atoms with van der Waals surface area (Å²) < 4.78 is 6.40. The summed E-state index contributed by atoms with van der Waals surface area (Å²) >= 11 is 3.32. The van der Waals surface area contributed by atoms with Gasteiger partial charge in [0.2, 0.25) is 0 Å². The monoisotopic (exact) mass is 372 g/mol. The zero-order valence-corrected chi connectivity index (χ0v) is 14.4. The van der Waals surface area contributed by atoms with Crippen LogP contribution in [0.15, 0.2) is 16.7 Å². The second-order valence-corrected chi connectivity index (χ2v) is 6.67. The van der Waals surface area contributed by atoms with Crippen molar-refractivity contribution in [2.24, 2.45) is 0 Å². The molecule has 3 atom stereocenters. The lowest BCUT2D eigenvalue weighted by Crippen LogP contribution is -2.63. The van der Waals surface area contributed by atoms with Crippen LogP contribution in [0, 0.1) is 0 Å². The van der Waals surface area contributed by atoms with E-state index in [0.29, 0.717) is 18.8 Å². The molecule has 1 aromatic heterocycles. The molecule has 1 aromatic rings. The zero-order valence-electron chi connectivity index (χ0n) is 12.8. The number of nitrogens with two attached hydrogens (primary N) is 1. The van der Waals surface area contributed by atoms with Crippen LogP contribution in [0.25, 0.3) is 0 Å². The van der Waals surface area contributed by atoms with Crippen molar-refractivity contribution in [2.75, 3.05) is 24.1 Å². The van der Waals surface area contributed by atoms with E-state index >= 15 is 0 Å². The van der Waals surface area contributed by atoms with Gasteiger partial charge in [-0.05, 0) is 42.8 Å². The minimum Gasteiger partial charge on any atom is -0.478 e. The summed E-state index contributed by atoms with van der Waals surface area (Å²) in [5, 5.41) is 12.8. The molecule has 0 saturated carbocycles. The number of nitrogens with one attached hydrogen (secondary N) is 1. The fourth-order valence-electron chi connectivity index (χ4n) is 2.62. The van der Waals surface area contributed by atoms with Crippen LogP contribution in [0.5, 0.6) is 0 Å². The van der Waals surface area contributed by atoms with Crippen molar-refractivity contribution in [2.45, 2.75) is 38.6 Å². The molecule has 7 nitrogen and oxygen atoms in total. The maximum atomic E-state index is 11.9. The van der Waals surface area contributed by atoms with E-state index in [2.05, 4.69) is 26.2 Å². The average Bonchev–Trinajstić information content (AvgIpc) is 2.41. The summed E-state index contributed by atoms with van der Waals surface area (Å²) in [4.78, 5) is 17.8. The van der Waals surface area contributed by atoms with Crippen LogP contribution < -0.4 is 11.1 Å². The van der Waals surface area contributed by atoms with Crippen molar-refractivity contribution in [1.82, 2.24) is 9.88 Å². The number of pyridine rings is 1. The van der Waals surface area contributed by atoms with Crippen LogP contribution >= 0.6 is 15.9 Å². The van der Waals surface area contributed by atoms with E-state index < -0.39 is 11.6 Å². The molecule has 1 fully saturated rings. The SMILES string of the molecule is C[C@@H]1CN(C(C)(Nc2cc(Br)cnc2N)C(=O)O)C[C@H](C)O1. The van der Waals surface area contributed by atoms with Gasteiger partial charge in [-0.2, -0.15) is 0 Å². The highest BCUT2D eigenvalue weighted by molar-refractivity contribution is 9.10. The van der Waals surface area contributed by atoms with Gasteiger partial charge >= 0.3 is 5.97 Å². The Labute approximate surface area is 138 Å². The molecule has 0 amide bonds. The number of carbonyl (C=O) groups is 1. The standard InChI is InChI=1S/C14H21BrN4O3/c1-8-6-19(7-9(2)22-8)14(3,13(20)21)18-11-4-10(15)5-17-12(11)16/h4-5,8-9,18H,6-7H2,1-3H3,(H2,16,17)(H,20,21)/t8-,9+,14?. The Morgan fingerprint density at radius 2 is 2.14 bits per heavy atom. The molecule has 2 rings (SSSR count). The Hall–Kier alpha value is -1.38. The van der Waals surface area contributed by atoms with Gasteiger partial charge in [-0.15, -0.1) is 0 Å². The molecule has 0 aliphatic carbocycles. The number of ether oxygens (including phenoxy) is 1. The lowest BCUT2D eigenvalue weighted by atomic mass is 10.1. The quantitative estimate of drug-likeness (QED) is 0.739. The highest BCUT2D eigenvalue weighted by Crippen LogP contribution is 2.28. The molecule has 8 heteroatoms. The fourth-order valence-corrected chi connectivity index (χ4v) is 2.95. The number of carboxylic acids is 1. The van der Waals surface area contributed by atoms with E-state index in [9.17, 15) is 9.90 Å². The Morgan fingerprint density at radius 1 is 1.55 bits per heavy atom. The number of carboxylic acid groups (broad SMARTS) is 1. The number of aliphatic carboxylic acids is 1. The molecule has 122 valence electrons. The largest absolute Gasteiger partial charge is 0.478 e. The van der Waals surface area contributed by atoms with Gasteiger partial charge in [-0.1, -0.05) is 0 Å². The van der Waals surface area contributed by atoms with Gasteiger partial charge in [0.1, 0.15) is 5.82 Å². The fraction of sp³-hybridized carbons (Fsp3) is 0.571. The molecule has 2 heterocycles. The number of rotatable bonds is 4. The second kappa shape index (κ2) is 6.39. The van der Waals surface area contributed by atoms with Crippen molar-refractivity contribution in [3.05, 3.63) is 16.7 Å². The Kier molecular flexibility index (Phi) is 4.93. The summed E-state index contributed by atoms with van der Waals surface area (Å²) in [5.41, 5.74) is 5.03. The number of anilines is 2. The number of nitrogens with zero attached hydrogens (tertiary/aromatic N) is 2. The van der Waals surface area contributed by atoms with Crippen LogP contribution in [-0.4, -0.2) is 51.9 Å². The van der Waals surface area contributed by atoms with E-state index in [4.69, 9.17) is 10.5 Å². The molecule has 0 spiro atoms. The van der Waals surface area contributed by atoms with Crippen molar-refractivity contribution < 1.29 is 14.6 Å². The van der Waals surface area contributed by atoms with Crippen LogP contribution in [0.4, 0.5) is 11.5 Å².